The summed E-state index contributed by atoms with van der Waals surface area (Å²) in [7, 11) is 3.98. The van der Waals surface area contributed by atoms with Crippen molar-refractivity contribution in [2.75, 3.05) is 25.6 Å². The van der Waals surface area contributed by atoms with Gasteiger partial charge in [0.25, 0.3) is 0 Å². The molecule has 0 amide bonds. The molecule has 1 aliphatic carbocycles. The van der Waals surface area contributed by atoms with E-state index in [1.54, 1.807) is 13.0 Å². The lowest BCUT2D eigenvalue weighted by molar-refractivity contribution is -0.151. The van der Waals surface area contributed by atoms with E-state index < -0.39 is 11.9 Å². The summed E-state index contributed by atoms with van der Waals surface area (Å²) in [6.45, 7) is 4.06. The molecule has 28 heavy (non-hydrogen) atoms. The van der Waals surface area contributed by atoms with Crippen LogP contribution in [0.25, 0.3) is 5.57 Å². The molecule has 0 unspecified atom stereocenters. The van der Waals surface area contributed by atoms with Crippen LogP contribution in [0.5, 0.6) is 0 Å². The van der Waals surface area contributed by atoms with Gasteiger partial charge in [0.05, 0.1) is 6.61 Å². The number of rotatable bonds is 5. The summed E-state index contributed by atoms with van der Waals surface area (Å²) in [4.78, 5) is 27.6. The van der Waals surface area contributed by atoms with E-state index in [1.165, 1.54) is 0 Å². The maximum Gasteiger partial charge on any atom is 0.317 e. The van der Waals surface area contributed by atoms with Crippen molar-refractivity contribution in [3.63, 3.8) is 0 Å². The Hall–Kier alpha value is -2.88. The Morgan fingerprint density at radius 2 is 1.86 bits per heavy atom. The van der Waals surface area contributed by atoms with Crippen LogP contribution in [-0.4, -0.2) is 32.5 Å². The number of nitrogens with zero attached hydrogens (tertiary/aromatic N) is 1. The Balaban J connectivity index is 2.02. The predicted molar refractivity (Wildman–Crippen MR) is 112 cm³/mol. The molecule has 1 aliphatic rings. The molecule has 146 valence electrons. The maximum atomic E-state index is 13.0. The molecule has 0 aromatic heterocycles. The first-order valence-corrected chi connectivity index (χ1v) is 9.66. The summed E-state index contributed by atoms with van der Waals surface area (Å²) in [5.41, 5.74) is 5.18. The third-order valence-corrected chi connectivity index (χ3v) is 5.24. The van der Waals surface area contributed by atoms with Gasteiger partial charge in [-0.3, -0.25) is 9.59 Å². The zero-order valence-electron chi connectivity index (χ0n) is 16.9. The number of allylic oxidation sites excluding steroid dienone is 2. The summed E-state index contributed by atoms with van der Waals surface area (Å²) in [5, 5.41) is 0. The zero-order chi connectivity index (χ0) is 20.3. The number of hydrogen-bond acceptors (Lipinski definition) is 4. The van der Waals surface area contributed by atoms with Crippen molar-refractivity contribution < 1.29 is 14.3 Å². The van der Waals surface area contributed by atoms with Gasteiger partial charge in [0.2, 0.25) is 0 Å². The first-order chi connectivity index (χ1) is 13.4. The summed E-state index contributed by atoms with van der Waals surface area (Å²) < 4.78 is 5.22. The van der Waals surface area contributed by atoms with Crippen molar-refractivity contribution in [2.24, 2.45) is 5.92 Å². The van der Waals surface area contributed by atoms with Crippen molar-refractivity contribution in [1.82, 2.24) is 0 Å². The van der Waals surface area contributed by atoms with Crippen LogP contribution >= 0.6 is 0 Å². The van der Waals surface area contributed by atoms with Gasteiger partial charge in [-0.15, -0.1) is 0 Å². The van der Waals surface area contributed by atoms with Crippen LogP contribution in [0.4, 0.5) is 5.69 Å². The van der Waals surface area contributed by atoms with Gasteiger partial charge >= 0.3 is 5.97 Å². The monoisotopic (exact) mass is 377 g/mol. The van der Waals surface area contributed by atoms with Crippen LogP contribution < -0.4 is 4.90 Å². The van der Waals surface area contributed by atoms with Gasteiger partial charge in [-0.2, -0.15) is 0 Å². The van der Waals surface area contributed by atoms with E-state index in [1.807, 2.05) is 68.4 Å². The maximum absolute atomic E-state index is 13.0. The number of anilines is 1. The second kappa shape index (κ2) is 8.42. The summed E-state index contributed by atoms with van der Waals surface area (Å²) in [5.74, 6) is -1.63. The highest BCUT2D eigenvalue weighted by atomic mass is 16.5. The Kier molecular flexibility index (Phi) is 5.98. The van der Waals surface area contributed by atoms with Gasteiger partial charge in [-0.05, 0) is 55.2 Å². The number of ether oxygens (including phenoxy) is 1. The van der Waals surface area contributed by atoms with Crippen molar-refractivity contribution in [2.45, 2.75) is 26.2 Å². The second-order valence-corrected chi connectivity index (χ2v) is 7.47. The molecule has 0 saturated heterocycles. The highest BCUT2D eigenvalue weighted by Crippen LogP contribution is 2.40. The van der Waals surface area contributed by atoms with Crippen LogP contribution in [0.1, 0.15) is 36.0 Å². The minimum atomic E-state index is -0.788. The molecule has 0 radical (unpaired) electrons. The quantitative estimate of drug-likeness (QED) is 0.573. The van der Waals surface area contributed by atoms with Gasteiger partial charge in [0.15, 0.2) is 5.78 Å². The minimum absolute atomic E-state index is 0.180. The van der Waals surface area contributed by atoms with Crippen molar-refractivity contribution in [1.29, 1.82) is 0 Å². The topological polar surface area (TPSA) is 46.6 Å². The molecular formula is C24H27NO3. The third-order valence-electron chi connectivity index (χ3n) is 5.24. The van der Waals surface area contributed by atoms with E-state index in [0.29, 0.717) is 6.42 Å². The number of aryl methyl sites for hydroxylation is 1. The van der Waals surface area contributed by atoms with E-state index in [4.69, 9.17) is 4.74 Å². The number of hydrogen-bond donors (Lipinski definition) is 0. The first kappa shape index (κ1) is 19.9. The molecule has 2 atom stereocenters. The Labute approximate surface area is 166 Å². The Bertz CT molecular complexity index is 896. The molecule has 4 nitrogen and oxygen atoms in total. The molecular weight excluding hydrogens is 350 g/mol. The fraction of sp³-hybridized carbons (Fsp3) is 0.333. The van der Waals surface area contributed by atoms with Gasteiger partial charge in [-0.1, -0.05) is 42.0 Å². The highest BCUT2D eigenvalue weighted by Gasteiger charge is 2.39. The van der Waals surface area contributed by atoms with Crippen molar-refractivity contribution >= 4 is 23.0 Å². The van der Waals surface area contributed by atoms with Crippen molar-refractivity contribution in [3.8, 4) is 0 Å². The fourth-order valence-corrected chi connectivity index (χ4v) is 3.69. The van der Waals surface area contributed by atoms with Crippen LogP contribution in [0.2, 0.25) is 0 Å². The molecule has 0 bridgehead atoms. The summed E-state index contributed by atoms with van der Waals surface area (Å²) in [6, 6.07) is 16.2. The summed E-state index contributed by atoms with van der Waals surface area (Å²) in [6.07, 6.45) is 2.25. The molecule has 0 saturated carbocycles. The molecule has 0 heterocycles. The lowest BCUT2D eigenvalue weighted by Crippen LogP contribution is -2.34. The molecule has 2 aromatic rings. The van der Waals surface area contributed by atoms with Crippen molar-refractivity contribution in [3.05, 3.63) is 71.3 Å². The Morgan fingerprint density at radius 3 is 2.50 bits per heavy atom. The lowest BCUT2D eigenvalue weighted by Gasteiger charge is -2.30. The molecule has 0 spiro atoms. The number of esters is 1. The molecule has 3 rings (SSSR count). The number of benzene rings is 2. The zero-order valence-corrected chi connectivity index (χ0v) is 16.9. The SMILES string of the molecule is CCOC(=O)[C@H]1C(=O)C=C(c2cccc(N(C)C)c2)C[C@@H]1c1ccc(C)cc1. The number of carbonyl (C=O) groups excluding carboxylic acids is 2. The summed E-state index contributed by atoms with van der Waals surface area (Å²) >= 11 is 0. The molecule has 0 N–H and O–H groups in total. The molecule has 4 heteroatoms. The molecule has 0 aliphatic heterocycles. The molecule has 0 fully saturated rings. The van der Waals surface area contributed by atoms with E-state index in [-0.39, 0.29) is 18.3 Å². The van der Waals surface area contributed by atoms with E-state index in [2.05, 4.69) is 6.07 Å². The smallest absolute Gasteiger partial charge is 0.317 e. The van der Waals surface area contributed by atoms with Crippen LogP contribution in [0.3, 0.4) is 0 Å². The Morgan fingerprint density at radius 1 is 1.14 bits per heavy atom. The average Bonchev–Trinajstić information content (AvgIpc) is 2.68. The minimum Gasteiger partial charge on any atom is -0.465 e. The molecule has 2 aromatic carbocycles. The standard InChI is InChI=1S/C24H27NO3/c1-5-28-24(27)23-21(17-11-9-16(2)10-12-17)14-19(15-22(23)26)18-7-6-8-20(13-18)25(3)4/h6-13,15,21,23H,5,14H2,1-4H3/t21-,23-/m1/s1. The van der Waals surface area contributed by atoms with Crippen LogP contribution in [0, 0.1) is 12.8 Å². The normalized spacial score (nSPS) is 19.1. The van der Waals surface area contributed by atoms with E-state index in [9.17, 15) is 9.59 Å². The van der Waals surface area contributed by atoms with Gasteiger partial charge in [0.1, 0.15) is 5.92 Å². The van der Waals surface area contributed by atoms with E-state index >= 15 is 0 Å². The van der Waals surface area contributed by atoms with E-state index in [0.717, 1.165) is 28.0 Å². The van der Waals surface area contributed by atoms with Gasteiger partial charge in [0, 0.05) is 25.7 Å². The largest absolute Gasteiger partial charge is 0.465 e. The fourth-order valence-electron chi connectivity index (χ4n) is 3.69. The number of ketones is 1. The van der Waals surface area contributed by atoms with Crippen LogP contribution in [-0.2, 0) is 14.3 Å². The van der Waals surface area contributed by atoms with Gasteiger partial charge in [-0.25, -0.2) is 0 Å². The predicted octanol–water partition coefficient (Wildman–Crippen LogP) is 4.38. The number of carbonyl (C=O) groups is 2. The second-order valence-electron chi connectivity index (χ2n) is 7.47. The average molecular weight is 377 g/mol. The highest BCUT2D eigenvalue weighted by molar-refractivity contribution is 6.10. The third kappa shape index (κ3) is 4.16. The van der Waals surface area contributed by atoms with Gasteiger partial charge < -0.3 is 9.64 Å². The van der Waals surface area contributed by atoms with Crippen LogP contribution in [0.15, 0.2) is 54.6 Å². The first-order valence-electron chi connectivity index (χ1n) is 9.66. The lowest BCUT2D eigenvalue weighted by atomic mass is 9.73.